The first kappa shape index (κ1) is 13.5. The quantitative estimate of drug-likeness (QED) is 0.778. The first-order chi connectivity index (χ1) is 7.69. The minimum absolute atomic E-state index is 0.238. The number of hydrogen-bond acceptors (Lipinski definition) is 2. The zero-order chi connectivity index (χ0) is 12.0. The molecule has 0 bridgehead atoms. The fraction of sp³-hybridized carbons (Fsp3) is 0.923. The molecule has 1 amide bonds. The molecule has 1 N–H and O–H groups in total. The first-order valence-electron chi connectivity index (χ1n) is 6.65. The second-order valence-corrected chi connectivity index (χ2v) is 4.87. The lowest BCUT2D eigenvalue weighted by Crippen LogP contribution is -2.43. The molecule has 0 saturated heterocycles. The Hall–Kier alpha value is -0.570. The van der Waals surface area contributed by atoms with E-state index in [4.69, 9.17) is 0 Å². The molecular formula is C13H26N2O. The van der Waals surface area contributed by atoms with Gasteiger partial charge in [0, 0.05) is 13.1 Å². The Morgan fingerprint density at radius 3 is 2.38 bits per heavy atom. The molecule has 0 unspecified atom stereocenters. The van der Waals surface area contributed by atoms with Gasteiger partial charge in [0.15, 0.2) is 0 Å². The van der Waals surface area contributed by atoms with E-state index in [0.717, 1.165) is 12.5 Å². The van der Waals surface area contributed by atoms with Gasteiger partial charge < -0.3 is 10.2 Å². The molecule has 0 heterocycles. The minimum Gasteiger partial charge on any atom is -0.342 e. The summed E-state index contributed by atoms with van der Waals surface area (Å²) in [6.07, 6.45) is 6.25. The van der Waals surface area contributed by atoms with E-state index >= 15 is 0 Å². The van der Waals surface area contributed by atoms with E-state index in [2.05, 4.69) is 12.2 Å². The van der Waals surface area contributed by atoms with Crippen molar-refractivity contribution in [2.45, 2.75) is 52.0 Å². The second kappa shape index (κ2) is 6.89. The summed E-state index contributed by atoms with van der Waals surface area (Å²) >= 11 is 0. The monoisotopic (exact) mass is 226 g/mol. The maximum Gasteiger partial charge on any atom is 0.236 e. The highest BCUT2D eigenvalue weighted by Crippen LogP contribution is 2.28. The Kier molecular flexibility index (Phi) is 5.81. The van der Waals surface area contributed by atoms with E-state index in [1.54, 1.807) is 0 Å². The van der Waals surface area contributed by atoms with Crippen molar-refractivity contribution in [1.82, 2.24) is 10.2 Å². The minimum atomic E-state index is 0.238. The Labute approximate surface area is 99.6 Å². The summed E-state index contributed by atoms with van der Waals surface area (Å²) in [5.74, 6) is 1.13. The Morgan fingerprint density at radius 1 is 1.25 bits per heavy atom. The van der Waals surface area contributed by atoms with E-state index in [1.807, 2.05) is 18.9 Å². The van der Waals surface area contributed by atoms with Crippen molar-refractivity contribution in [3.63, 3.8) is 0 Å². The highest BCUT2D eigenvalue weighted by atomic mass is 16.2. The summed E-state index contributed by atoms with van der Waals surface area (Å²) in [5, 5.41) is 3.10. The third-order valence-corrected chi connectivity index (χ3v) is 3.86. The molecule has 0 atom stereocenters. The molecule has 94 valence electrons. The maximum atomic E-state index is 11.8. The Bertz CT molecular complexity index is 210. The van der Waals surface area contributed by atoms with E-state index in [1.165, 1.54) is 32.1 Å². The zero-order valence-corrected chi connectivity index (χ0v) is 11.0. The van der Waals surface area contributed by atoms with Crippen LogP contribution < -0.4 is 5.32 Å². The average molecular weight is 226 g/mol. The van der Waals surface area contributed by atoms with Crippen molar-refractivity contribution >= 4 is 5.91 Å². The molecule has 1 saturated carbocycles. The van der Waals surface area contributed by atoms with Gasteiger partial charge in [0.1, 0.15) is 0 Å². The first-order valence-corrected chi connectivity index (χ1v) is 6.65. The van der Waals surface area contributed by atoms with Crippen LogP contribution in [0.5, 0.6) is 0 Å². The number of likely N-dealkylation sites (N-methyl/N-ethyl adjacent to an activating group) is 2. The molecule has 0 radical (unpaired) electrons. The lowest BCUT2D eigenvalue weighted by Gasteiger charge is -2.34. The van der Waals surface area contributed by atoms with E-state index in [-0.39, 0.29) is 5.91 Å². The largest absolute Gasteiger partial charge is 0.342 e. The van der Waals surface area contributed by atoms with Crippen molar-refractivity contribution in [2.75, 3.05) is 20.1 Å². The fourth-order valence-corrected chi connectivity index (χ4v) is 2.50. The zero-order valence-electron chi connectivity index (χ0n) is 11.0. The molecule has 0 aromatic rings. The van der Waals surface area contributed by atoms with Crippen molar-refractivity contribution in [3.05, 3.63) is 0 Å². The second-order valence-electron chi connectivity index (χ2n) is 4.87. The van der Waals surface area contributed by atoms with Gasteiger partial charge in [-0.25, -0.2) is 0 Å². The van der Waals surface area contributed by atoms with Gasteiger partial charge >= 0.3 is 0 Å². The van der Waals surface area contributed by atoms with Gasteiger partial charge in [-0.3, -0.25) is 4.79 Å². The van der Waals surface area contributed by atoms with Crippen LogP contribution in [0, 0.1) is 5.92 Å². The lowest BCUT2D eigenvalue weighted by atomic mass is 9.84. The van der Waals surface area contributed by atoms with Gasteiger partial charge in [0.05, 0.1) is 6.54 Å². The lowest BCUT2D eigenvalue weighted by molar-refractivity contribution is -0.131. The van der Waals surface area contributed by atoms with Gasteiger partial charge in [0.2, 0.25) is 5.91 Å². The highest BCUT2D eigenvalue weighted by Gasteiger charge is 2.25. The molecule has 3 heteroatoms. The number of carbonyl (C=O) groups excluding carboxylic acids is 1. The molecule has 0 aromatic heterocycles. The fourth-order valence-electron chi connectivity index (χ4n) is 2.50. The molecule has 0 aliphatic heterocycles. The normalized spacial score (nSPS) is 25.4. The van der Waals surface area contributed by atoms with Crippen molar-refractivity contribution < 1.29 is 4.79 Å². The van der Waals surface area contributed by atoms with Crippen LogP contribution in [0.2, 0.25) is 0 Å². The summed E-state index contributed by atoms with van der Waals surface area (Å²) in [5.41, 5.74) is 0. The van der Waals surface area contributed by atoms with Crippen LogP contribution in [0.4, 0.5) is 0 Å². The van der Waals surface area contributed by atoms with E-state index < -0.39 is 0 Å². The van der Waals surface area contributed by atoms with Crippen LogP contribution in [0.15, 0.2) is 0 Å². The van der Waals surface area contributed by atoms with Crippen molar-refractivity contribution in [2.24, 2.45) is 5.92 Å². The molecule has 1 aliphatic carbocycles. The van der Waals surface area contributed by atoms with E-state index in [0.29, 0.717) is 12.6 Å². The number of amides is 1. The molecule has 1 rings (SSSR count). The molecule has 1 aliphatic rings. The molecule has 3 nitrogen and oxygen atoms in total. The van der Waals surface area contributed by atoms with Crippen molar-refractivity contribution in [1.29, 1.82) is 0 Å². The van der Waals surface area contributed by atoms with E-state index in [9.17, 15) is 4.79 Å². The SMILES string of the molecule is CCNCC(=O)N(C)C1CCC(CC)CC1. The number of nitrogens with one attached hydrogen (secondary N) is 1. The highest BCUT2D eigenvalue weighted by molar-refractivity contribution is 5.78. The summed E-state index contributed by atoms with van der Waals surface area (Å²) in [4.78, 5) is 13.8. The standard InChI is InChI=1S/C13H26N2O/c1-4-11-6-8-12(9-7-11)15(3)13(16)10-14-5-2/h11-12,14H,4-10H2,1-3H3. The predicted octanol–water partition coefficient (Wildman–Crippen LogP) is 2.02. The summed E-state index contributed by atoms with van der Waals surface area (Å²) < 4.78 is 0. The van der Waals surface area contributed by atoms with Crippen LogP contribution in [-0.2, 0) is 4.79 Å². The third kappa shape index (κ3) is 3.78. The molecule has 0 aromatic carbocycles. The summed E-state index contributed by atoms with van der Waals surface area (Å²) in [7, 11) is 1.95. The third-order valence-electron chi connectivity index (χ3n) is 3.86. The smallest absolute Gasteiger partial charge is 0.236 e. The Morgan fingerprint density at radius 2 is 1.88 bits per heavy atom. The van der Waals surface area contributed by atoms with Crippen LogP contribution in [0.25, 0.3) is 0 Å². The molecule has 1 fully saturated rings. The summed E-state index contributed by atoms with van der Waals surface area (Å²) in [6.45, 7) is 5.65. The summed E-state index contributed by atoms with van der Waals surface area (Å²) in [6, 6.07) is 0.481. The van der Waals surface area contributed by atoms with Crippen LogP contribution in [0.1, 0.15) is 46.0 Å². The molecule has 0 spiro atoms. The average Bonchev–Trinajstić information content (AvgIpc) is 2.35. The number of hydrogen-bond donors (Lipinski definition) is 1. The van der Waals surface area contributed by atoms with Crippen LogP contribution >= 0.6 is 0 Å². The van der Waals surface area contributed by atoms with Crippen molar-refractivity contribution in [3.8, 4) is 0 Å². The van der Waals surface area contributed by atoms with Gasteiger partial charge in [-0.15, -0.1) is 0 Å². The maximum absolute atomic E-state index is 11.8. The molecular weight excluding hydrogens is 200 g/mol. The van der Waals surface area contributed by atoms with Gasteiger partial charge in [-0.2, -0.15) is 0 Å². The number of rotatable bonds is 5. The Balaban J connectivity index is 2.32. The van der Waals surface area contributed by atoms with Gasteiger partial charge in [0.25, 0.3) is 0 Å². The number of carbonyl (C=O) groups is 1. The van der Waals surface area contributed by atoms with Crippen LogP contribution in [0.3, 0.4) is 0 Å². The van der Waals surface area contributed by atoms with Gasteiger partial charge in [-0.05, 0) is 38.1 Å². The van der Waals surface area contributed by atoms with Gasteiger partial charge in [-0.1, -0.05) is 20.3 Å². The predicted molar refractivity (Wildman–Crippen MR) is 67.4 cm³/mol. The topological polar surface area (TPSA) is 32.3 Å². The van der Waals surface area contributed by atoms with Crippen LogP contribution in [-0.4, -0.2) is 37.0 Å². The molecule has 16 heavy (non-hydrogen) atoms. The number of nitrogens with zero attached hydrogens (tertiary/aromatic N) is 1.